The number of fused-ring (bicyclic) bond motifs is 1. The first-order chi connectivity index (χ1) is 10.1. The number of nitrogens with one attached hydrogen (secondary N) is 1. The Morgan fingerprint density at radius 3 is 2.95 bits per heavy atom. The van der Waals surface area contributed by atoms with Crippen molar-refractivity contribution < 1.29 is 13.9 Å². The van der Waals surface area contributed by atoms with Gasteiger partial charge in [0.25, 0.3) is 0 Å². The van der Waals surface area contributed by atoms with Crippen molar-refractivity contribution in [3.63, 3.8) is 0 Å². The monoisotopic (exact) mass is 305 g/mol. The Kier molecular flexibility index (Phi) is 3.80. The fourth-order valence-corrected chi connectivity index (χ4v) is 2.46. The van der Waals surface area contributed by atoms with Crippen molar-refractivity contribution in [2.24, 2.45) is 0 Å². The molecule has 0 fully saturated rings. The molecule has 5 heteroatoms. The van der Waals surface area contributed by atoms with Crippen LogP contribution in [-0.4, -0.2) is 5.91 Å². The zero-order valence-corrected chi connectivity index (χ0v) is 11.9. The lowest BCUT2D eigenvalue weighted by molar-refractivity contribution is -0.116. The topological polar surface area (TPSA) is 38.3 Å². The van der Waals surface area contributed by atoms with Gasteiger partial charge >= 0.3 is 0 Å². The Morgan fingerprint density at radius 2 is 2.10 bits per heavy atom. The van der Waals surface area contributed by atoms with Crippen LogP contribution in [-0.2, 0) is 17.8 Å². The molecule has 1 amide bonds. The third-order valence-electron chi connectivity index (χ3n) is 3.40. The standard InChI is InChI=1S/C16H13ClFNO2/c17-13-3-1-2-11(16(13)18)9-21-12-6-4-10-5-7-15(20)19-14(10)8-12/h1-4,6,8H,5,7,9H2,(H,19,20). The third kappa shape index (κ3) is 3.00. The predicted molar refractivity (Wildman–Crippen MR) is 79.1 cm³/mol. The second-order valence-electron chi connectivity index (χ2n) is 4.87. The average molecular weight is 306 g/mol. The number of rotatable bonds is 3. The van der Waals surface area contributed by atoms with Gasteiger partial charge in [0, 0.05) is 23.7 Å². The van der Waals surface area contributed by atoms with E-state index >= 15 is 0 Å². The number of hydrogen-bond donors (Lipinski definition) is 1. The lowest BCUT2D eigenvalue weighted by Crippen LogP contribution is -2.18. The summed E-state index contributed by atoms with van der Waals surface area (Å²) in [6, 6.07) is 10.3. The van der Waals surface area contributed by atoms with Crippen molar-refractivity contribution in [2.45, 2.75) is 19.4 Å². The normalized spacial score (nSPS) is 13.5. The Balaban J connectivity index is 1.75. The minimum absolute atomic E-state index is 0.000496. The smallest absolute Gasteiger partial charge is 0.224 e. The Hall–Kier alpha value is -2.07. The van der Waals surface area contributed by atoms with Crippen LogP contribution in [0.4, 0.5) is 10.1 Å². The van der Waals surface area contributed by atoms with Gasteiger partial charge in [-0.2, -0.15) is 0 Å². The molecule has 1 N–H and O–H groups in total. The quantitative estimate of drug-likeness (QED) is 0.932. The molecule has 21 heavy (non-hydrogen) atoms. The molecular formula is C16H13ClFNO2. The summed E-state index contributed by atoms with van der Waals surface area (Å²) < 4.78 is 19.3. The van der Waals surface area contributed by atoms with Gasteiger partial charge in [0.05, 0.1) is 5.02 Å². The van der Waals surface area contributed by atoms with E-state index in [0.29, 0.717) is 17.7 Å². The Morgan fingerprint density at radius 1 is 1.24 bits per heavy atom. The van der Waals surface area contributed by atoms with Crippen molar-refractivity contribution in [3.8, 4) is 5.75 Å². The molecule has 0 bridgehead atoms. The van der Waals surface area contributed by atoms with Gasteiger partial charge in [-0.3, -0.25) is 4.79 Å². The van der Waals surface area contributed by atoms with E-state index in [1.54, 1.807) is 18.2 Å². The SMILES string of the molecule is O=C1CCc2ccc(OCc3cccc(Cl)c3F)cc2N1. The Labute approximate surface area is 126 Å². The van der Waals surface area contributed by atoms with Gasteiger partial charge in [0.15, 0.2) is 0 Å². The molecule has 1 heterocycles. The predicted octanol–water partition coefficient (Wildman–Crippen LogP) is 3.94. The van der Waals surface area contributed by atoms with Gasteiger partial charge in [-0.05, 0) is 24.1 Å². The summed E-state index contributed by atoms with van der Waals surface area (Å²) in [5.74, 6) is 0.112. The maximum atomic E-state index is 13.8. The summed E-state index contributed by atoms with van der Waals surface area (Å²) in [6.45, 7) is 0.0825. The number of carbonyl (C=O) groups is 1. The number of anilines is 1. The van der Waals surface area contributed by atoms with Crippen molar-refractivity contribution in [3.05, 3.63) is 58.4 Å². The molecule has 0 aliphatic carbocycles. The van der Waals surface area contributed by atoms with E-state index in [1.807, 2.05) is 12.1 Å². The van der Waals surface area contributed by atoms with Gasteiger partial charge in [-0.1, -0.05) is 29.8 Å². The lowest BCUT2D eigenvalue weighted by Gasteiger charge is -2.17. The number of carbonyl (C=O) groups excluding carboxylic acids is 1. The number of ether oxygens (including phenoxy) is 1. The maximum absolute atomic E-state index is 13.8. The van der Waals surface area contributed by atoms with Gasteiger partial charge in [0.2, 0.25) is 5.91 Å². The summed E-state index contributed by atoms with van der Waals surface area (Å²) in [7, 11) is 0. The van der Waals surface area contributed by atoms with Gasteiger partial charge in [-0.25, -0.2) is 4.39 Å². The highest BCUT2D eigenvalue weighted by Gasteiger charge is 2.15. The summed E-state index contributed by atoms with van der Waals surface area (Å²) >= 11 is 5.73. The number of hydrogen-bond acceptors (Lipinski definition) is 2. The van der Waals surface area contributed by atoms with Crippen molar-refractivity contribution in [2.75, 3.05) is 5.32 Å². The zero-order chi connectivity index (χ0) is 14.8. The highest BCUT2D eigenvalue weighted by molar-refractivity contribution is 6.30. The fourth-order valence-electron chi connectivity index (χ4n) is 2.26. The van der Waals surface area contributed by atoms with Crippen LogP contribution in [0.25, 0.3) is 0 Å². The summed E-state index contributed by atoms with van der Waals surface area (Å²) in [5, 5.41) is 2.88. The molecule has 2 aromatic rings. The minimum atomic E-state index is -0.467. The summed E-state index contributed by atoms with van der Waals surface area (Å²) in [4.78, 5) is 11.4. The average Bonchev–Trinajstić information content (AvgIpc) is 2.48. The highest BCUT2D eigenvalue weighted by atomic mass is 35.5. The van der Waals surface area contributed by atoms with Gasteiger partial charge in [0.1, 0.15) is 18.2 Å². The Bertz CT molecular complexity index is 703. The van der Waals surface area contributed by atoms with Crippen LogP contribution in [0.3, 0.4) is 0 Å². The van der Waals surface area contributed by atoms with E-state index < -0.39 is 5.82 Å². The zero-order valence-electron chi connectivity index (χ0n) is 11.2. The summed E-state index contributed by atoms with van der Waals surface area (Å²) in [5.41, 5.74) is 2.23. The van der Waals surface area contributed by atoms with Crippen molar-refractivity contribution >= 4 is 23.2 Å². The van der Waals surface area contributed by atoms with E-state index in [0.717, 1.165) is 17.7 Å². The molecule has 2 aromatic carbocycles. The van der Waals surface area contributed by atoms with Crippen LogP contribution in [0, 0.1) is 5.82 Å². The molecule has 3 nitrogen and oxygen atoms in total. The first-order valence-corrected chi connectivity index (χ1v) is 7.00. The molecule has 0 atom stereocenters. The van der Waals surface area contributed by atoms with Gasteiger partial charge < -0.3 is 10.1 Å². The molecule has 108 valence electrons. The minimum Gasteiger partial charge on any atom is -0.489 e. The maximum Gasteiger partial charge on any atom is 0.224 e. The van der Waals surface area contributed by atoms with Gasteiger partial charge in [-0.15, -0.1) is 0 Å². The molecule has 0 radical (unpaired) electrons. The van der Waals surface area contributed by atoms with E-state index in [-0.39, 0.29) is 17.5 Å². The number of aryl methyl sites for hydroxylation is 1. The first kappa shape index (κ1) is 13.9. The number of benzene rings is 2. The van der Waals surface area contributed by atoms with Crippen LogP contribution >= 0.6 is 11.6 Å². The molecule has 0 saturated heterocycles. The molecule has 0 spiro atoms. The number of halogens is 2. The van der Waals surface area contributed by atoms with E-state index in [1.165, 1.54) is 6.07 Å². The van der Waals surface area contributed by atoms with E-state index in [9.17, 15) is 9.18 Å². The van der Waals surface area contributed by atoms with Crippen LogP contribution in [0.2, 0.25) is 5.02 Å². The van der Waals surface area contributed by atoms with Crippen LogP contribution in [0.15, 0.2) is 36.4 Å². The molecule has 0 unspecified atom stereocenters. The molecule has 1 aliphatic rings. The first-order valence-electron chi connectivity index (χ1n) is 6.62. The fraction of sp³-hybridized carbons (Fsp3) is 0.188. The van der Waals surface area contributed by atoms with Crippen molar-refractivity contribution in [1.82, 2.24) is 0 Å². The van der Waals surface area contributed by atoms with Crippen molar-refractivity contribution in [1.29, 1.82) is 0 Å². The van der Waals surface area contributed by atoms with E-state index in [2.05, 4.69) is 5.32 Å². The second-order valence-corrected chi connectivity index (χ2v) is 5.28. The van der Waals surface area contributed by atoms with Crippen LogP contribution < -0.4 is 10.1 Å². The van der Waals surface area contributed by atoms with Crippen LogP contribution in [0.1, 0.15) is 17.5 Å². The molecule has 0 saturated carbocycles. The molecule has 0 aromatic heterocycles. The number of amides is 1. The lowest BCUT2D eigenvalue weighted by atomic mass is 10.0. The molecular weight excluding hydrogens is 293 g/mol. The van der Waals surface area contributed by atoms with E-state index in [4.69, 9.17) is 16.3 Å². The second kappa shape index (κ2) is 5.74. The summed E-state index contributed by atoms with van der Waals surface area (Å²) in [6.07, 6.45) is 1.23. The third-order valence-corrected chi connectivity index (χ3v) is 3.69. The van der Waals surface area contributed by atoms with Crippen LogP contribution in [0.5, 0.6) is 5.75 Å². The largest absolute Gasteiger partial charge is 0.489 e. The molecule has 1 aliphatic heterocycles. The molecule has 3 rings (SSSR count). The highest BCUT2D eigenvalue weighted by Crippen LogP contribution is 2.28.